The van der Waals surface area contributed by atoms with Crippen molar-refractivity contribution in [2.75, 3.05) is 19.6 Å². The van der Waals surface area contributed by atoms with Gasteiger partial charge in [-0.25, -0.2) is 9.38 Å². The van der Waals surface area contributed by atoms with Gasteiger partial charge in [-0.2, -0.15) is 0 Å². The first-order chi connectivity index (χ1) is 12.6. The third-order valence-electron chi connectivity index (χ3n) is 3.54. The standard InChI is InChI=1S/C19H23FN4O2/c1-2-21-19(24-13-15-5-3-4-6-17(15)20)23-12-11-22-18(26)14-7-9-16(25)10-8-14/h3-10,25H,2,11-13H2,1H3,(H,22,26)(H2,21,23,24). The number of carbonyl (C=O) groups is 1. The predicted molar refractivity (Wildman–Crippen MR) is 99.7 cm³/mol. The Bertz CT molecular complexity index is 747. The molecule has 6 nitrogen and oxygen atoms in total. The van der Waals surface area contributed by atoms with E-state index in [1.165, 1.54) is 18.2 Å². The van der Waals surface area contributed by atoms with Gasteiger partial charge in [-0.3, -0.25) is 4.79 Å². The molecule has 2 aromatic carbocycles. The highest BCUT2D eigenvalue weighted by molar-refractivity contribution is 5.94. The molecule has 0 heterocycles. The van der Waals surface area contributed by atoms with E-state index in [9.17, 15) is 14.3 Å². The molecule has 2 aromatic rings. The van der Waals surface area contributed by atoms with Crippen LogP contribution in [0.3, 0.4) is 0 Å². The number of benzene rings is 2. The normalized spacial score (nSPS) is 11.1. The van der Waals surface area contributed by atoms with Crippen molar-refractivity contribution in [2.45, 2.75) is 13.5 Å². The summed E-state index contributed by atoms with van der Waals surface area (Å²) < 4.78 is 13.6. The summed E-state index contributed by atoms with van der Waals surface area (Å²) in [6.45, 7) is 3.69. The van der Waals surface area contributed by atoms with E-state index in [4.69, 9.17) is 0 Å². The van der Waals surface area contributed by atoms with Crippen molar-refractivity contribution >= 4 is 11.9 Å². The van der Waals surface area contributed by atoms with Crippen LogP contribution >= 0.6 is 0 Å². The Morgan fingerprint density at radius 2 is 1.73 bits per heavy atom. The number of phenols is 1. The summed E-state index contributed by atoms with van der Waals surface area (Å²) in [7, 11) is 0. The molecule has 0 aliphatic rings. The van der Waals surface area contributed by atoms with Crippen molar-refractivity contribution in [3.05, 3.63) is 65.5 Å². The van der Waals surface area contributed by atoms with Crippen molar-refractivity contribution in [2.24, 2.45) is 4.99 Å². The van der Waals surface area contributed by atoms with Gasteiger partial charge in [0.05, 0.1) is 6.54 Å². The van der Waals surface area contributed by atoms with Crippen LogP contribution in [0.15, 0.2) is 53.5 Å². The summed E-state index contributed by atoms with van der Waals surface area (Å²) in [6, 6.07) is 12.5. The van der Waals surface area contributed by atoms with Crippen LogP contribution < -0.4 is 16.0 Å². The number of nitrogens with zero attached hydrogens (tertiary/aromatic N) is 1. The lowest BCUT2D eigenvalue weighted by atomic mass is 10.2. The minimum absolute atomic E-state index is 0.115. The zero-order chi connectivity index (χ0) is 18.8. The SMILES string of the molecule is CCNC(=NCc1ccccc1F)NCCNC(=O)c1ccc(O)cc1. The van der Waals surface area contributed by atoms with Crippen LogP contribution in [-0.4, -0.2) is 36.6 Å². The minimum atomic E-state index is -0.284. The molecule has 0 radical (unpaired) electrons. The molecule has 0 unspecified atom stereocenters. The Balaban J connectivity index is 1.80. The molecule has 0 aliphatic heterocycles. The van der Waals surface area contributed by atoms with Crippen LogP contribution in [0.2, 0.25) is 0 Å². The molecule has 2 rings (SSSR count). The number of nitrogens with one attached hydrogen (secondary N) is 3. The third kappa shape index (κ3) is 6.08. The topological polar surface area (TPSA) is 85.8 Å². The van der Waals surface area contributed by atoms with Crippen LogP contribution in [0, 0.1) is 5.82 Å². The van der Waals surface area contributed by atoms with E-state index in [0.717, 1.165) is 0 Å². The molecular formula is C19H23FN4O2. The van der Waals surface area contributed by atoms with E-state index in [1.807, 2.05) is 6.92 Å². The second-order valence-corrected chi connectivity index (χ2v) is 5.52. The maximum absolute atomic E-state index is 13.6. The fourth-order valence-corrected chi connectivity index (χ4v) is 2.20. The van der Waals surface area contributed by atoms with Crippen molar-refractivity contribution in [3.8, 4) is 5.75 Å². The maximum atomic E-state index is 13.6. The van der Waals surface area contributed by atoms with Gasteiger partial charge in [0.15, 0.2) is 5.96 Å². The molecular weight excluding hydrogens is 335 g/mol. The molecule has 1 amide bonds. The maximum Gasteiger partial charge on any atom is 0.251 e. The molecule has 4 N–H and O–H groups in total. The number of hydrogen-bond donors (Lipinski definition) is 4. The van der Waals surface area contributed by atoms with Crippen LogP contribution in [0.5, 0.6) is 5.75 Å². The van der Waals surface area contributed by atoms with E-state index in [2.05, 4.69) is 20.9 Å². The highest BCUT2D eigenvalue weighted by Crippen LogP contribution is 2.09. The molecule has 0 fully saturated rings. The fraction of sp³-hybridized carbons (Fsp3) is 0.263. The Morgan fingerprint density at radius 1 is 1.04 bits per heavy atom. The summed E-state index contributed by atoms with van der Waals surface area (Å²) in [5, 5.41) is 18.2. The van der Waals surface area contributed by atoms with Crippen LogP contribution in [0.25, 0.3) is 0 Å². The highest BCUT2D eigenvalue weighted by atomic mass is 19.1. The largest absolute Gasteiger partial charge is 0.508 e. The summed E-state index contributed by atoms with van der Waals surface area (Å²) >= 11 is 0. The number of amides is 1. The van der Waals surface area contributed by atoms with Crippen molar-refractivity contribution in [1.82, 2.24) is 16.0 Å². The number of phenolic OH excluding ortho intramolecular Hbond substituents is 1. The zero-order valence-electron chi connectivity index (χ0n) is 14.6. The van der Waals surface area contributed by atoms with Gasteiger partial charge >= 0.3 is 0 Å². The lowest BCUT2D eigenvalue weighted by molar-refractivity contribution is 0.0954. The molecule has 7 heteroatoms. The Hall–Kier alpha value is -3.09. The Morgan fingerprint density at radius 3 is 2.42 bits per heavy atom. The van der Waals surface area contributed by atoms with E-state index in [0.29, 0.717) is 36.7 Å². The predicted octanol–water partition coefficient (Wildman–Crippen LogP) is 2.02. The molecule has 0 spiro atoms. The van der Waals surface area contributed by atoms with E-state index >= 15 is 0 Å². The van der Waals surface area contributed by atoms with Gasteiger partial charge < -0.3 is 21.1 Å². The number of rotatable bonds is 7. The molecule has 0 atom stereocenters. The monoisotopic (exact) mass is 358 g/mol. The molecule has 0 saturated carbocycles. The van der Waals surface area contributed by atoms with Crippen molar-refractivity contribution < 1.29 is 14.3 Å². The summed E-state index contributed by atoms with van der Waals surface area (Å²) in [6.07, 6.45) is 0. The lowest BCUT2D eigenvalue weighted by Gasteiger charge is -2.12. The average Bonchev–Trinajstić information content (AvgIpc) is 2.64. The van der Waals surface area contributed by atoms with Gasteiger partial charge in [0.25, 0.3) is 5.91 Å². The fourth-order valence-electron chi connectivity index (χ4n) is 2.20. The van der Waals surface area contributed by atoms with Crippen LogP contribution in [0.4, 0.5) is 4.39 Å². The van der Waals surface area contributed by atoms with Gasteiger partial charge in [-0.15, -0.1) is 0 Å². The van der Waals surface area contributed by atoms with E-state index < -0.39 is 0 Å². The number of aromatic hydroxyl groups is 1. The summed E-state index contributed by atoms with van der Waals surface area (Å²) in [5.74, 6) is 0.160. The number of aliphatic imine (C=N–C) groups is 1. The minimum Gasteiger partial charge on any atom is -0.508 e. The Kier molecular flexibility index (Phi) is 7.42. The lowest BCUT2D eigenvalue weighted by Crippen LogP contribution is -2.41. The molecule has 0 bridgehead atoms. The molecule has 0 aliphatic carbocycles. The van der Waals surface area contributed by atoms with Crippen LogP contribution in [-0.2, 0) is 6.54 Å². The molecule has 26 heavy (non-hydrogen) atoms. The first kappa shape index (κ1) is 19.2. The number of guanidine groups is 1. The van der Waals surface area contributed by atoms with Gasteiger partial charge in [0.1, 0.15) is 11.6 Å². The number of carbonyl (C=O) groups excluding carboxylic acids is 1. The first-order valence-electron chi connectivity index (χ1n) is 8.43. The van der Waals surface area contributed by atoms with Crippen molar-refractivity contribution in [3.63, 3.8) is 0 Å². The second kappa shape index (κ2) is 10.0. The zero-order valence-corrected chi connectivity index (χ0v) is 14.6. The molecule has 0 saturated heterocycles. The quantitative estimate of drug-likeness (QED) is 0.347. The first-order valence-corrected chi connectivity index (χ1v) is 8.43. The molecule has 138 valence electrons. The smallest absolute Gasteiger partial charge is 0.251 e. The summed E-state index contributed by atoms with van der Waals surface area (Å²) in [5.41, 5.74) is 0.994. The Labute approximate surface area is 152 Å². The average molecular weight is 358 g/mol. The molecule has 0 aromatic heterocycles. The van der Waals surface area contributed by atoms with E-state index in [-0.39, 0.29) is 24.0 Å². The van der Waals surface area contributed by atoms with Crippen molar-refractivity contribution in [1.29, 1.82) is 0 Å². The van der Waals surface area contributed by atoms with Gasteiger partial charge in [-0.1, -0.05) is 18.2 Å². The summed E-state index contributed by atoms with van der Waals surface area (Å²) in [4.78, 5) is 16.3. The van der Waals surface area contributed by atoms with Gasteiger partial charge in [-0.05, 0) is 37.3 Å². The number of halogens is 1. The van der Waals surface area contributed by atoms with Gasteiger partial charge in [0, 0.05) is 30.8 Å². The van der Waals surface area contributed by atoms with E-state index in [1.54, 1.807) is 30.3 Å². The highest BCUT2D eigenvalue weighted by Gasteiger charge is 2.05. The van der Waals surface area contributed by atoms with Gasteiger partial charge in [0.2, 0.25) is 0 Å². The van der Waals surface area contributed by atoms with Crippen LogP contribution in [0.1, 0.15) is 22.8 Å². The number of hydrogen-bond acceptors (Lipinski definition) is 3. The third-order valence-corrected chi connectivity index (χ3v) is 3.54. The second-order valence-electron chi connectivity index (χ2n) is 5.52.